The largest absolute Gasteiger partial charge is 0.333 e. The van der Waals surface area contributed by atoms with E-state index in [4.69, 9.17) is 23.2 Å². The lowest BCUT2D eigenvalue weighted by Crippen LogP contribution is -2.66. The molecule has 8 nitrogen and oxygen atoms in total. The third-order valence-corrected chi connectivity index (χ3v) is 8.07. The van der Waals surface area contributed by atoms with Gasteiger partial charge in [0.05, 0.1) is 13.1 Å². The summed E-state index contributed by atoms with van der Waals surface area (Å²) in [5.41, 5.74) is 2.69. The Morgan fingerprint density at radius 2 is 1.66 bits per heavy atom. The smallest absolute Gasteiger partial charge is 0.332 e. The van der Waals surface area contributed by atoms with Crippen molar-refractivity contribution in [3.05, 3.63) is 106 Å². The van der Waals surface area contributed by atoms with Gasteiger partial charge in [-0.05, 0) is 35.2 Å². The van der Waals surface area contributed by atoms with Gasteiger partial charge in [0.25, 0.3) is 0 Å². The fourth-order valence-electron chi connectivity index (χ4n) is 5.51. The lowest BCUT2D eigenvalue weighted by molar-refractivity contribution is -0.157. The van der Waals surface area contributed by atoms with E-state index in [9.17, 15) is 14.4 Å². The van der Waals surface area contributed by atoms with Crippen LogP contribution in [0.15, 0.2) is 78.9 Å². The lowest BCUT2D eigenvalue weighted by atomic mass is 10.00. The van der Waals surface area contributed by atoms with Crippen LogP contribution in [0, 0.1) is 0 Å². The average molecular weight is 595 g/mol. The number of carbonyl (C=O) groups is 3. The first kappa shape index (κ1) is 28.9. The summed E-state index contributed by atoms with van der Waals surface area (Å²) in [5.74, 6) is -0.327. The second-order valence-electron chi connectivity index (χ2n) is 10.3. The van der Waals surface area contributed by atoms with Crippen molar-refractivity contribution in [3.8, 4) is 0 Å². The molecule has 2 fully saturated rings. The Bertz CT molecular complexity index is 1390. The quantitative estimate of drug-likeness (QED) is 0.381. The number of hydrogen-bond acceptors (Lipinski definition) is 4. The van der Waals surface area contributed by atoms with Gasteiger partial charge in [-0.25, -0.2) is 4.79 Å². The van der Waals surface area contributed by atoms with Crippen molar-refractivity contribution in [2.75, 3.05) is 19.6 Å². The van der Waals surface area contributed by atoms with Crippen molar-refractivity contribution in [3.63, 3.8) is 0 Å². The molecule has 41 heavy (non-hydrogen) atoms. The maximum absolute atomic E-state index is 13.9. The van der Waals surface area contributed by atoms with Crippen molar-refractivity contribution >= 4 is 41.0 Å². The molecule has 3 aromatic carbocycles. The van der Waals surface area contributed by atoms with Gasteiger partial charge in [-0.3, -0.25) is 14.6 Å². The number of fused-ring (bicyclic) bond motifs is 1. The summed E-state index contributed by atoms with van der Waals surface area (Å²) in [4.78, 5) is 44.4. The minimum absolute atomic E-state index is 0.0114. The van der Waals surface area contributed by atoms with Gasteiger partial charge >= 0.3 is 6.03 Å². The van der Waals surface area contributed by atoms with Crippen LogP contribution >= 0.6 is 23.2 Å². The van der Waals surface area contributed by atoms with Crippen LogP contribution in [0.5, 0.6) is 0 Å². The van der Waals surface area contributed by atoms with E-state index in [2.05, 4.69) is 5.32 Å². The van der Waals surface area contributed by atoms with Crippen LogP contribution in [-0.4, -0.2) is 69.5 Å². The number of rotatable bonds is 9. The number of piperazine rings is 1. The summed E-state index contributed by atoms with van der Waals surface area (Å²) in [6.07, 6.45) is 0.565. The van der Waals surface area contributed by atoms with Gasteiger partial charge < -0.3 is 15.1 Å². The maximum Gasteiger partial charge on any atom is 0.332 e. The Balaban J connectivity index is 1.44. The average Bonchev–Trinajstić information content (AvgIpc) is 3.30. The number of hydrogen-bond donors (Lipinski definition) is 1. The van der Waals surface area contributed by atoms with Crippen LogP contribution in [0.25, 0.3) is 0 Å². The third-order valence-electron chi connectivity index (χ3n) is 7.48. The van der Waals surface area contributed by atoms with Gasteiger partial charge in [-0.15, -0.1) is 0 Å². The van der Waals surface area contributed by atoms with Crippen molar-refractivity contribution in [1.82, 2.24) is 25.1 Å². The normalized spacial score (nSPS) is 18.9. The highest BCUT2D eigenvalue weighted by atomic mass is 35.5. The highest BCUT2D eigenvalue weighted by molar-refractivity contribution is 6.35. The summed E-state index contributed by atoms with van der Waals surface area (Å²) in [7, 11) is 0. The maximum atomic E-state index is 13.9. The molecule has 0 saturated carbocycles. The van der Waals surface area contributed by atoms with Crippen molar-refractivity contribution in [2.24, 2.45) is 0 Å². The summed E-state index contributed by atoms with van der Waals surface area (Å²) in [6, 6.07) is 23.6. The van der Waals surface area contributed by atoms with Crippen LogP contribution in [0.1, 0.15) is 30.0 Å². The van der Waals surface area contributed by atoms with E-state index in [1.165, 1.54) is 0 Å². The van der Waals surface area contributed by atoms with Gasteiger partial charge in [-0.1, -0.05) is 96.9 Å². The molecule has 5 rings (SSSR count). The van der Waals surface area contributed by atoms with Crippen LogP contribution in [0.2, 0.25) is 10.0 Å². The summed E-state index contributed by atoms with van der Waals surface area (Å²) < 4.78 is 0. The Hall–Kier alpha value is -3.59. The molecule has 0 radical (unpaired) electrons. The molecule has 0 unspecified atom stereocenters. The number of nitrogens with zero attached hydrogens (tertiary/aromatic N) is 4. The molecule has 214 valence electrons. The fraction of sp³-hybridized carbons (Fsp3) is 0.323. The lowest BCUT2D eigenvalue weighted by Gasteiger charge is -2.46. The molecule has 0 aromatic heterocycles. The molecule has 3 aromatic rings. The SMILES string of the molecule is CCCN(C(=O)NCc1ccccc1)N1CC(=O)N2[C@@H](Cc3ccccc3)C(=O)N(Cc3ccc(Cl)cc3Cl)C[C@@H]21. The zero-order valence-corrected chi connectivity index (χ0v) is 24.4. The van der Waals surface area contributed by atoms with Gasteiger partial charge in [-0.2, -0.15) is 5.01 Å². The second kappa shape index (κ2) is 12.9. The summed E-state index contributed by atoms with van der Waals surface area (Å²) in [5, 5.41) is 7.42. The monoisotopic (exact) mass is 593 g/mol. The minimum atomic E-state index is -0.712. The molecule has 2 aliphatic heterocycles. The molecule has 2 heterocycles. The van der Waals surface area contributed by atoms with Crippen LogP contribution in [0.4, 0.5) is 4.79 Å². The molecule has 4 amide bonds. The summed E-state index contributed by atoms with van der Waals surface area (Å²) in [6.45, 7) is 3.30. The zero-order valence-electron chi connectivity index (χ0n) is 22.9. The van der Waals surface area contributed by atoms with E-state index >= 15 is 0 Å². The number of hydrazine groups is 1. The highest BCUT2D eigenvalue weighted by Crippen LogP contribution is 2.31. The standard InChI is InChI=1S/C31H33Cl2N5O3/c1-2-15-36(31(41)34-18-23-11-7-4-8-12-23)37-21-29(39)38-27(16-22-9-5-3-6-10-22)30(40)35(20-28(37)38)19-24-13-14-25(32)17-26(24)33/h3-14,17,27-28H,2,15-16,18-21H2,1H3,(H,34,41)/t27-,28+/m0/s1. The predicted octanol–water partition coefficient (Wildman–Crippen LogP) is 4.95. The first-order valence-electron chi connectivity index (χ1n) is 13.8. The van der Waals surface area contributed by atoms with Crippen LogP contribution < -0.4 is 5.32 Å². The molecule has 1 N–H and O–H groups in total. The molecular formula is C31H33Cl2N5O3. The minimum Gasteiger partial charge on any atom is -0.333 e. The van der Waals surface area contributed by atoms with Gasteiger partial charge in [0.15, 0.2) is 0 Å². The Morgan fingerprint density at radius 1 is 0.976 bits per heavy atom. The third kappa shape index (κ3) is 6.50. The highest BCUT2D eigenvalue weighted by Gasteiger charge is 2.52. The molecule has 0 bridgehead atoms. The summed E-state index contributed by atoms with van der Waals surface area (Å²) >= 11 is 12.6. The molecule has 2 saturated heterocycles. The van der Waals surface area contributed by atoms with Crippen LogP contribution in [-0.2, 0) is 29.1 Å². The number of amides is 4. The van der Waals surface area contributed by atoms with E-state index < -0.39 is 12.2 Å². The van der Waals surface area contributed by atoms with Crippen molar-refractivity contribution < 1.29 is 14.4 Å². The number of benzene rings is 3. The second-order valence-corrected chi connectivity index (χ2v) is 11.2. The van der Waals surface area contributed by atoms with Gasteiger partial charge in [0.2, 0.25) is 11.8 Å². The predicted molar refractivity (Wildman–Crippen MR) is 159 cm³/mol. The van der Waals surface area contributed by atoms with E-state index in [0.717, 1.165) is 16.7 Å². The molecular weight excluding hydrogens is 561 g/mol. The molecule has 0 aliphatic carbocycles. The Morgan fingerprint density at radius 3 is 2.32 bits per heavy atom. The van der Waals surface area contributed by atoms with E-state index in [1.807, 2.05) is 78.7 Å². The van der Waals surface area contributed by atoms with E-state index in [1.54, 1.807) is 26.9 Å². The zero-order chi connectivity index (χ0) is 28.9. The van der Waals surface area contributed by atoms with Crippen molar-refractivity contribution in [2.45, 2.75) is 45.1 Å². The topological polar surface area (TPSA) is 76.2 Å². The number of urea groups is 1. The Labute approximate surface area is 250 Å². The molecule has 0 spiro atoms. The molecule has 2 aliphatic rings. The van der Waals surface area contributed by atoms with Gasteiger partial charge in [0, 0.05) is 36.1 Å². The number of nitrogens with one attached hydrogen (secondary N) is 1. The molecule has 2 atom stereocenters. The molecule has 10 heteroatoms. The van der Waals surface area contributed by atoms with E-state index in [-0.39, 0.29) is 37.5 Å². The first-order valence-corrected chi connectivity index (χ1v) is 14.5. The van der Waals surface area contributed by atoms with Crippen LogP contribution in [0.3, 0.4) is 0 Å². The van der Waals surface area contributed by atoms with E-state index in [0.29, 0.717) is 36.0 Å². The van der Waals surface area contributed by atoms with Crippen molar-refractivity contribution in [1.29, 1.82) is 0 Å². The number of halogens is 2. The Kier molecular flexibility index (Phi) is 9.12. The van der Waals surface area contributed by atoms with Gasteiger partial charge in [0.1, 0.15) is 12.2 Å². The number of carbonyl (C=O) groups excluding carboxylic acids is 3. The first-order chi connectivity index (χ1) is 19.9. The fourth-order valence-corrected chi connectivity index (χ4v) is 5.97.